The van der Waals surface area contributed by atoms with Crippen molar-refractivity contribution in [2.24, 2.45) is 5.73 Å². The van der Waals surface area contributed by atoms with E-state index in [1.165, 1.54) is 11.3 Å². The Morgan fingerprint density at radius 3 is 2.89 bits per heavy atom. The second-order valence-electron chi connectivity index (χ2n) is 3.79. The molecule has 0 radical (unpaired) electrons. The van der Waals surface area contributed by atoms with Crippen molar-refractivity contribution in [2.75, 3.05) is 17.3 Å². The molecule has 1 aromatic rings. The van der Waals surface area contributed by atoms with Gasteiger partial charge in [-0.1, -0.05) is 0 Å². The van der Waals surface area contributed by atoms with Gasteiger partial charge in [-0.05, 0) is 17.9 Å². The van der Waals surface area contributed by atoms with E-state index in [4.69, 9.17) is 11.0 Å². The zero-order valence-corrected chi connectivity index (χ0v) is 11.3. The molecule has 3 N–H and O–H groups in total. The standard InChI is InChI=1S/C10H13N3O3S2/c1-18(15,16)5-3-8(12)9(14)13-10-7(6-11)2-4-17-10/h2,4,8H,3,5,12H2,1H3,(H,13,14). The van der Waals surface area contributed by atoms with Crippen LogP contribution in [0.5, 0.6) is 0 Å². The summed E-state index contributed by atoms with van der Waals surface area (Å²) in [5, 5.41) is 13.4. The van der Waals surface area contributed by atoms with E-state index < -0.39 is 21.8 Å². The number of sulfone groups is 1. The molecule has 0 saturated carbocycles. The molecule has 18 heavy (non-hydrogen) atoms. The molecule has 1 heterocycles. The number of hydrogen-bond acceptors (Lipinski definition) is 6. The number of nitrogens with two attached hydrogens (primary N) is 1. The van der Waals surface area contributed by atoms with Gasteiger partial charge in [-0.2, -0.15) is 5.26 Å². The van der Waals surface area contributed by atoms with Crippen molar-refractivity contribution in [3.63, 3.8) is 0 Å². The molecule has 0 fully saturated rings. The lowest BCUT2D eigenvalue weighted by Gasteiger charge is -2.10. The Morgan fingerprint density at radius 1 is 1.67 bits per heavy atom. The van der Waals surface area contributed by atoms with Gasteiger partial charge in [-0.3, -0.25) is 4.79 Å². The summed E-state index contributed by atoms with van der Waals surface area (Å²) in [6.07, 6.45) is 1.14. The van der Waals surface area contributed by atoms with Gasteiger partial charge in [0, 0.05) is 6.26 Å². The van der Waals surface area contributed by atoms with Crippen LogP contribution in [0.1, 0.15) is 12.0 Å². The molecular formula is C10H13N3O3S2. The predicted molar refractivity (Wildman–Crippen MR) is 70.0 cm³/mol. The fourth-order valence-electron chi connectivity index (χ4n) is 1.17. The van der Waals surface area contributed by atoms with Crippen molar-refractivity contribution in [1.29, 1.82) is 5.26 Å². The zero-order valence-electron chi connectivity index (χ0n) is 9.71. The Hall–Kier alpha value is -1.43. The summed E-state index contributed by atoms with van der Waals surface area (Å²) in [5.74, 6) is -0.630. The van der Waals surface area contributed by atoms with Crippen LogP contribution in [0, 0.1) is 11.3 Å². The first kappa shape index (κ1) is 14.6. The third-order valence-corrected chi connectivity index (χ3v) is 3.97. The molecule has 0 aliphatic heterocycles. The number of rotatable bonds is 5. The molecule has 0 spiro atoms. The van der Waals surface area contributed by atoms with Gasteiger partial charge in [0.25, 0.3) is 0 Å². The van der Waals surface area contributed by atoms with Crippen LogP contribution in [-0.2, 0) is 14.6 Å². The molecular weight excluding hydrogens is 274 g/mol. The lowest BCUT2D eigenvalue weighted by atomic mass is 10.2. The fraction of sp³-hybridized carbons (Fsp3) is 0.400. The van der Waals surface area contributed by atoms with Gasteiger partial charge in [0.05, 0.1) is 17.4 Å². The number of amides is 1. The molecule has 0 bridgehead atoms. The normalized spacial score (nSPS) is 12.7. The number of hydrogen-bond donors (Lipinski definition) is 2. The molecule has 1 unspecified atom stereocenters. The monoisotopic (exact) mass is 287 g/mol. The van der Waals surface area contributed by atoms with Crippen LogP contribution >= 0.6 is 11.3 Å². The van der Waals surface area contributed by atoms with Crippen LogP contribution in [0.15, 0.2) is 11.4 Å². The van der Waals surface area contributed by atoms with Crippen molar-refractivity contribution in [1.82, 2.24) is 0 Å². The predicted octanol–water partition coefficient (Wildman–Crippen LogP) is 0.320. The van der Waals surface area contributed by atoms with E-state index in [-0.39, 0.29) is 12.2 Å². The number of carbonyl (C=O) groups excluding carboxylic acids is 1. The molecule has 0 aromatic carbocycles. The Labute approximate surface area is 109 Å². The summed E-state index contributed by atoms with van der Waals surface area (Å²) in [6, 6.07) is 2.61. The fourth-order valence-corrected chi connectivity index (χ4v) is 2.59. The molecule has 8 heteroatoms. The SMILES string of the molecule is CS(=O)(=O)CCC(N)C(=O)Nc1sccc1C#N. The second kappa shape index (κ2) is 5.95. The van der Waals surface area contributed by atoms with Gasteiger partial charge < -0.3 is 11.1 Å². The average molecular weight is 287 g/mol. The van der Waals surface area contributed by atoms with E-state index in [1.54, 1.807) is 11.4 Å². The number of nitriles is 1. The number of carbonyl (C=O) groups is 1. The van der Waals surface area contributed by atoms with Crippen molar-refractivity contribution in [2.45, 2.75) is 12.5 Å². The topological polar surface area (TPSA) is 113 Å². The van der Waals surface area contributed by atoms with Crippen molar-refractivity contribution in [3.8, 4) is 6.07 Å². The van der Waals surface area contributed by atoms with E-state index in [0.29, 0.717) is 10.6 Å². The summed E-state index contributed by atoms with van der Waals surface area (Å²) in [5.41, 5.74) is 5.94. The third kappa shape index (κ3) is 4.44. The van der Waals surface area contributed by atoms with Gasteiger partial charge in [-0.15, -0.1) is 11.3 Å². The van der Waals surface area contributed by atoms with Crippen molar-refractivity contribution < 1.29 is 13.2 Å². The van der Waals surface area contributed by atoms with Crippen LogP contribution in [0.25, 0.3) is 0 Å². The summed E-state index contributed by atoms with van der Waals surface area (Å²) >= 11 is 1.22. The highest BCUT2D eigenvalue weighted by Gasteiger charge is 2.17. The number of nitrogens with zero attached hydrogens (tertiary/aromatic N) is 1. The summed E-state index contributed by atoms with van der Waals surface area (Å²) in [7, 11) is -3.14. The average Bonchev–Trinajstić information content (AvgIpc) is 2.72. The maximum Gasteiger partial charge on any atom is 0.241 e. The number of thiophene rings is 1. The number of nitrogens with one attached hydrogen (secondary N) is 1. The van der Waals surface area contributed by atoms with Gasteiger partial charge in [-0.25, -0.2) is 8.42 Å². The van der Waals surface area contributed by atoms with E-state index >= 15 is 0 Å². The van der Waals surface area contributed by atoms with Gasteiger partial charge in [0.15, 0.2) is 0 Å². The van der Waals surface area contributed by atoms with Crippen molar-refractivity contribution in [3.05, 3.63) is 17.0 Å². The highest BCUT2D eigenvalue weighted by Crippen LogP contribution is 2.22. The molecule has 1 aromatic heterocycles. The second-order valence-corrected chi connectivity index (χ2v) is 6.97. The molecule has 0 aliphatic rings. The molecule has 0 aliphatic carbocycles. The molecule has 1 rings (SSSR count). The first-order valence-corrected chi connectivity index (χ1v) is 7.99. The molecule has 1 amide bonds. The Balaban J connectivity index is 2.58. The van der Waals surface area contributed by atoms with Crippen LogP contribution in [-0.4, -0.2) is 32.4 Å². The van der Waals surface area contributed by atoms with Crippen LogP contribution < -0.4 is 11.1 Å². The minimum Gasteiger partial charge on any atom is -0.320 e. The first-order valence-electron chi connectivity index (χ1n) is 5.05. The van der Waals surface area contributed by atoms with E-state index in [9.17, 15) is 13.2 Å². The lowest BCUT2D eigenvalue weighted by molar-refractivity contribution is -0.117. The minimum absolute atomic E-state index is 0.0535. The maximum atomic E-state index is 11.7. The van der Waals surface area contributed by atoms with Crippen LogP contribution in [0.3, 0.4) is 0 Å². The Kier molecular flexibility index (Phi) is 4.84. The molecule has 0 saturated heterocycles. The summed E-state index contributed by atoms with van der Waals surface area (Å²) < 4.78 is 21.9. The highest BCUT2D eigenvalue weighted by atomic mass is 32.2. The minimum atomic E-state index is -3.14. The zero-order chi connectivity index (χ0) is 13.8. The molecule has 1 atom stereocenters. The van der Waals surface area contributed by atoms with E-state index in [2.05, 4.69) is 5.32 Å². The third-order valence-electron chi connectivity index (χ3n) is 2.16. The van der Waals surface area contributed by atoms with E-state index in [0.717, 1.165) is 6.26 Å². The maximum absolute atomic E-state index is 11.7. The summed E-state index contributed by atoms with van der Waals surface area (Å²) in [6.45, 7) is 0. The van der Waals surface area contributed by atoms with Gasteiger partial charge in [0.2, 0.25) is 5.91 Å². The smallest absolute Gasteiger partial charge is 0.241 e. The van der Waals surface area contributed by atoms with Crippen LogP contribution in [0.2, 0.25) is 0 Å². The van der Waals surface area contributed by atoms with Crippen molar-refractivity contribution >= 4 is 32.1 Å². The Morgan fingerprint density at radius 2 is 2.33 bits per heavy atom. The summed E-state index contributed by atoms with van der Waals surface area (Å²) in [4.78, 5) is 11.7. The lowest BCUT2D eigenvalue weighted by Crippen LogP contribution is -2.37. The Bertz CT molecular complexity index is 571. The van der Waals surface area contributed by atoms with Gasteiger partial charge in [0.1, 0.15) is 20.9 Å². The highest BCUT2D eigenvalue weighted by molar-refractivity contribution is 7.90. The first-order chi connectivity index (χ1) is 8.33. The molecule has 6 nitrogen and oxygen atoms in total. The number of anilines is 1. The van der Waals surface area contributed by atoms with Crippen LogP contribution in [0.4, 0.5) is 5.00 Å². The molecule has 98 valence electrons. The quantitative estimate of drug-likeness (QED) is 0.809. The van der Waals surface area contributed by atoms with Gasteiger partial charge >= 0.3 is 0 Å². The van der Waals surface area contributed by atoms with E-state index in [1.807, 2.05) is 6.07 Å². The largest absolute Gasteiger partial charge is 0.320 e.